The summed E-state index contributed by atoms with van der Waals surface area (Å²) >= 11 is 0. The van der Waals surface area contributed by atoms with Gasteiger partial charge in [-0.3, -0.25) is 4.79 Å². The van der Waals surface area contributed by atoms with E-state index in [4.69, 9.17) is 4.42 Å². The van der Waals surface area contributed by atoms with E-state index < -0.39 is 11.2 Å². The second kappa shape index (κ2) is 7.65. The fourth-order valence-electron chi connectivity index (χ4n) is 3.23. The first-order chi connectivity index (χ1) is 12.6. The van der Waals surface area contributed by atoms with Crippen molar-refractivity contribution < 1.29 is 14.6 Å². The summed E-state index contributed by atoms with van der Waals surface area (Å²) in [4.78, 5) is 12.6. The van der Waals surface area contributed by atoms with E-state index in [2.05, 4.69) is 6.92 Å². The Hall–Kier alpha value is -2.75. The van der Waals surface area contributed by atoms with Crippen LogP contribution in [-0.4, -0.2) is 10.2 Å². The lowest BCUT2D eigenvalue weighted by molar-refractivity contribution is 0.445. The highest BCUT2D eigenvalue weighted by Crippen LogP contribution is 2.34. The monoisotopic (exact) mass is 352 g/mol. The fourth-order valence-corrected chi connectivity index (χ4v) is 3.23. The molecule has 3 aromatic rings. The number of rotatable bonds is 6. The Morgan fingerprint density at radius 2 is 1.69 bits per heavy atom. The highest BCUT2D eigenvalue weighted by atomic mass is 16.4. The van der Waals surface area contributed by atoms with E-state index in [-0.39, 0.29) is 16.9 Å². The number of unbranched alkanes of at least 4 members (excludes halogenated alkanes) is 2. The number of benzene rings is 2. The molecule has 26 heavy (non-hydrogen) atoms. The van der Waals surface area contributed by atoms with Gasteiger partial charge in [0, 0.05) is 11.1 Å². The molecule has 0 aliphatic carbocycles. The predicted octanol–water partition coefficient (Wildman–Crippen LogP) is 5.17. The van der Waals surface area contributed by atoms with Gasteiger partial charge >= 0.3 is 0 Å². The second-order valence-electron chi connectivity index (χ2n) is 6.56. The normalized spacial score (nSPS) is 11.2. The molecule has 4 nitrogen and oxygen atoms in total. The van der Waals surface area contributed by atoms with Crippen LogP contribution in [0.4, 0.5) is 0 Å². The maximum Gasteiger partial charge on any atom is 0.235 e. The quantitative estimate of drug-likeness (QED) is 0.601. The largest absolute Gasteiger partial charge is 0.508 e. The molecule has 0 aliphatic heterocycles. The summed E-state index contributed by atoms with van der Waals surface area (Å²) in [5.74, 6) is -0.169. The van der Waals surface area contributed by atoms with E-state index in [1.807, 2.05) is 31.2 Å². The molecule has 0 fully saturated rings. The minimum atomic E-state index is -0.483. The van der Waals surface area contributed by atoms with Crippen LogP contribution in [0.1, 0.15) is 44.2 Å². The number of hydrogen-bond acceptors (Lipinski definition) is 4. The van der Waals surface area contributed by atoms with Gasteiger partial charge in [-0.25, -0.2) is 0 Å². The highest BCUT2D eigenvalue weighted by molar-refractivity contribution is 5.86. The zero-order chi connectivity index (χ0) is 18.7. The highest BCUT2D eigenvalue weighted by Gasteiger charge is 2.18. The minimum Gasteiger partial charge on any atom is -0.508 e. The van der Waals surface area contributed by atoms with Crippen LogP contribution in [0.25, 0.3) is 22.3 Å². The molecule has 136 valence electrons. The molecule has 1 aromatic heterocycles. The number of phenolic OH excluding ortho intramolecular Hbond substituents is 1. The third-order valence-corrected chi connectivity index (χ3v) is 4.75. The Labute approximate surface area is 152 Å². The number of aromatic hydroxyl groups is 2. The van der Waals surface area contributed by atoms with Crippen molar-refractivity contribution in [1.29, 1.82) is 0 Å². The van der Waals surface area contributed by atoms with Crippen LogP contribution in [0.3, 0.4) is 0 Å². The summed E-state index contributed by atoms with van der Waals surface area (Å²) in [6.07, 6.45) is 5.06. The van der Waals surface area contributed by atoms with Crippen LogP contribution in [-0.2, 0) is 12.8 Å². The van der Waals surface area contributed by atoms with Crippen LogP contribution in [0.5, 0.6) is 11.5 Å². The van der Waals surface area contributed by atoms with Gasteiger partial charge in [0.2, 0.25) is 11.2 Å². The standard InChI is InChI=1S/C22H24O4/c1-3-5-6-7-14-8-10-15(11-9-14)21-20(25)19(24)17-12-13-18(23)16(4-2)22(17)26-21/h8-13,23,25H,3-7H2,1-2H3. The molecule has 3 rings (SSSR count). The Balaban J connectivity index is 2.07. The van der Waals surface area contributed by atoms with Gasteiger partial charge in [-0.05, 0) is 37.0 Å². The number of phenols is 1. The first-order valence-electron chi connectivity index (χ1n) is 9.16. The summed E-state index contributed by atoms with van der Waals surface area (Å²) < 4.78 is 5.89. The van der Waals surface area contributed by atoms with Crippen LogP contribution >= 0.6 is 0 Å². The van der Waals surface area contributed by atoms with Crippen LogP contribution in [0.15, 0.2) is 45.6 Å². The lowest BCUT2D eigenvalue weighted by atomic mass is 10.0. The van der Waals surface area contributed by atoms with Crippen molar-refractivity contribution in [3.63, 3.8) is 0 Å². The molecule has 0 bridgehead atoms. The second-order valence-corrected chi connectivity index (χ2v) is 6.56. The summed E-state index contributed by atoms with van der Waals surface area (Å²) in [5, 5.41) is 20.7. The molecule has 0 amide bonds. The van der Waals surface area contributed by atoms with Crippen molar-refractivity contribution >= 4 is 11.0 Å². The average molecular weight is 352 g/mol. The average Bonchev–Trinajstić information content (AvgIpc) is 2.65. The van der Waals surface area contributed by atoms with Gasteiger partial charge in [0.1, 0.15) is 11.3 Å². The predicted molar refractivity (Wildman–Crippen MR) is 104 cm³/mol. The van der Waals surface area contributed by atoms with Gasteiger partial charge in [-0.15, -0.1) is 0 Å². The van der Waals surface area contributed by atoms with Crippen molar-refractivity contribution in [2.45, 2.75) is 46.0 Å². The molecule has 0 radical (unpaired) electrons. The van der Waals surface area contributed by atoms with E-state index in [9.17, 15) is 15.0 Å². The Morgan fingerprint density at radius 1 is 0.962 bits per heavy atom. The Kier molecular flexibility index (Phi) is 5.31. The van der Waals surface area contributed by atoms with Gasteiger partial charge in [0.15, 0.2) is 5.76 Å². The topological polar surface area (TPSA) is 70.7 Å². The summed E-state index contributed by atoms with van der Waals surface area (Å²) in [5.41, 5.74) is 2.28. The smallest absolute Gasteiger partial charge is 0.235 e. The number of aryl methyl sites for hydroxylation is 2. The fraction of sp³-hybridized carbons (Fsp3) is 0.318. The van der Waals surface area contributed by atoms with Gasteiger partial charge in [0.25, 0.3) is 0 Å². The molecular weight excluding hydrogens is 328 g/mol. The van der Waals surface area contributed by atoms with E-state index in [1.54, 1.807) is 0 Å². The molecule has 4 heteroatoms. The third-order valence-electron chi connectivity index (χ3n) is 4.75. The molecule has 0 aliphatic rings. The Morgan fingerprint density at radius 3 is 2.35 bits per heavy atom. The molecule has 0 atom stereocenters. The maximum atomic E-state index is 12.6. The first-order valence-corrected chi connectivity index (χ1v) is 9.16. The van der Waals surface area contributed by atoms with E-state index in [1.165, 1.54) is 30.5 Å². The molecule has 2 aromatic carbocycles. The summed E-state index contributed by atoms with van der Waals surface area (Å²) in [6.45, 7) is 4.06. The van der Waals surface area contributed by atoms with Crippen molar-refractivity contribution in [3.05, 3.63) is 57.7 Å². The Bertz CT molecular complexity index is 968. The SMILES string of the molecule is CCCCCc1ccc(-c2oc3c(CC)c(O)ccc3c(=O)c2O)cc1. The molecule has 0 unspecified atom stereocenters. The molecule has 0 saturated carbocycles. The van der Waals surface area contributed by atoms with E-state index in [0.717, 1.165) is 12.8 Å². The summed E-state index contributed by atoms with van der Waals surface area (Å²) in [6, 6.07) is 10.7. The van der Waals surface area contributed by atoms with Crippen molar-refractivity contribution in [3.8, 4) is 22.8 Å². The first kappa shape index (κ1) is 18.1. The molecule has 2 N–H and O–H groups in total. The summed E-state index contributed by atoms with van der Waals surface area (Å²) in [7, 11) is 0. The van der Waals surface area contributed by atoms with E-state index in [0.29, 0.717) is 23.1 Å². The lowest BCUT2D eigenvalue weighted by Crippen LogP contribution is -2.04. The van der Waals surface area contributed by atoms with Gasteiger partial charge in [-0.1, -0.05) is 51.0 Å². The van der Waals surface area contributed by atoms with Crippen LogP contribution in [0.2, 0.25) is 0 Å². The molecular formula is C22H24O4. The number of fused-ring (bicyclic) bond motifs is 1. The minimum absolute atomic E-state index is 0.0889. The third kappa shape index (κ3) is 3.32. The molecule has 0 saturated heterocycles. The van der Waals surface area contributed by atoms with Gasteiger partial charge in [0.05, 0.1) is 5.39 Å². The molecule has 1 heterocycles. The van der Waals surface area contributed by atoms with Gasteiger partial charge < -0.3 is 14.6 Å². The van der Waals surface area contributed by atoms with Crippen molar-refractivity contribution in [1.82, 2.24) is 0 Å². The van der Waals surface area contributed by atoms with E-state index >= 15 is 0 Å². The van der Waals surface area contributed by atoms with Crippen molar-refractivity contribution in [2.75, 3.05) is 0 Å². The van der Waals surface area contributed by atoms with Crippen LogP contribution in [0, 0.1) is 0 Å². The number of hydrogen-bond donors (Lipinski definition) is 2. The zero-order valence-electron chi connectivity index (χ0n) is 15.2. The molecule has 0 spiro atoms. The van der Waals surface area contributed by atoms with Crippen molar-refractivity contribution in [2.24, 2.45) is 0 Å². The van der Waals surface area contributed by atoms with Gasteiger partial charge in [-0.2, -0.15) is 0 Å². The maximum absolute atomic E-state index is 12.6. The van der Waals surface area contributed by atoms with Crippen LogP contribution < -0.4 is 5.43 Å². The zero-order valence-corrected chi connectivity index (χ0v) is 15.2. The lowest BCUT2D eigenvalue weighted by Gasteiger charge is -2.10.